The summed E-state index contributed by atoms with van der Waals surface area (Å²) in [6, 6.07) is 6.04. The molecule has 108 valence electrons. The summed E-state index contributed by atoms with van der Waals surface area (Å²) in [6.45, 7) is 5.30. The lowest BCUT2D eigenvalue weighted by atomic mass is 10.1. The highest BCUT2D eigenvalue weighted by molar-refractivity contribution is 7.11. The standard InChI is InChI=1S/C15H19FN2OS/c1-10(2)15-13(9-17)20-14(18-15)7-8-19-12-5-3-11(16)4-6-12/h3-6,10H,7-9,17H2,1-2H3. The van der Waals surface area contributed by atoms with E-state index < -0.39 is 0 Å². The molecule has 0 saturated heterocycles. The van der Waals surface area contributed by atoms with Crippen molar-refractivity contribution in [2.45, 2.75) is 32.7 Å². The Labute approximate surface area is 122 Å². The highest BCUT2D eigenvalue weighted by Gasteiger charge is 2.12. The first kappa shape index (κ1) is 14.9. The lowest BCUT2D eigenvalue weighted by Gasteiger charge is -2.04. The topological polar surface area (TPSA) is 48.1 Å². The minimum absolute atomic E-state index is 0.258. The summed E-state index contributed by atoms with van der Waals surface area (Å²) in [5.41, 5.74) is 6.83. The summed E-state index contributed by atoms with van der Waals surface area (Å²) in [5.74, 6) is 0.800. The van der Waals surface area contributed by atoms with Crippen molar-refractivity contribution in [1.82, 2.24) is 4.98 Å². The number of nitrogens with zero attached hydrogens (tertiary/aromatic N) is 1. The Hall–Kier alpha value is -1.46. The maximum absolute atomic E-state index is 12.8. The Morgan fingerprint density at radius 3 is 2.55 bits per heavy atom. The monoisotopic (exact) mass is 294 g/mol. The molecule has 0 amide bonds. The summed E-state index contributed by atoms with van der Waals surface area (Å²) >= 11 is 1.65. The average Bonchev–Trinajstić information content (AvgIpc) is 2.84. The van der Waals surface area contributed by atoms with Crippen LogP contribution in [0.2, 0.25) is 0 Å². The number of ether oxygens (including phenoxy) is 1. The lowest BCUT2D eigenvalue weighted by Crippen LogP contribution is -2.02. The van der Waals surface area contributed by atoms with Crippen molar-refractivity contribution in [2.24, 2.45) is 5.73 Å². The molecule has 0 aliphatic rings. The van der Waals surface area contributed by atoms with Gasteiger partial charge in [-0.15, -0.1) is 11.3 Å². The molecule has 2 aromatic rings. The molecule has 0 fully saturated rings. The molecule has 20 heavy (non-hydrogen) atoms. The van der Waals surface area contributed by atoms with Gasteiger partial charge in [0.25, 0.3) is 0 Å². The molecule has 0 atom stereocenters. The Balaban J connectivity index is 1.92. The molecule has 1 aromatic heterocycles. The van der Waals surface area contributed by atoms with Crippen molar-refractivity contribution in [3.8, 4) is 5.75 Å². The van der Waals surface area contributed by atoms with Crippen LogP contribution in [0, 0.1) is 5.82 Å². The molecular formula is C15H19FN2OS. The molecule has 0 aliphatic heterocycles. The van der Waals surface area contributed by atoms with Gasteiger partial charge in [0.05, 0.1) is 17.3 Å². The number of hydrogen-bond acceptors (Lipinski definition) is 4. The van der Waals surface area contributed by atoms with Crippen molar-refractivity contribution < 1.29 is 9.13 Å². The smallest absolute Gasteiger partial charge is 0.123 e. The van der Waals surface area contributed by atoms with Crippen LogP contribution >= 0.6 is 11.3 Å². The molecule has 0 bridgehead atoms. The average molecular weight is 294 g/mol. The lowest BCUT2D eigenvalue weighted by molar-refractivity contribution is 0.321. The molecule has 1 aromatic carbocycles. The van der Waals surface area contributed by atoms with Gasteiger partial charge in [-0.3, -0.25) is 0 Å². The maximum atomic E-state index is 12.8. The maximum Gasteiger partial charge on any atom is 0.123 e. The highest BCUT2D eigenvalue weighted by atomic mass is 32.1. The van der Waals surface area contributed by atoms with Gasteiger partial charge in [0.2, 0.25) is 0 Å². The molecule has 0 unspecified atom stereocenters. The van der Waals surface area contributed by atoms with Gasteiger partial charge in [-0.05, 0) is 30.2 Å². The predicted molar refractivity (Wildman–Crippen MR) is 79.7 cm³/mol. The largest absolute Gasteiger partial charge is 0.493 e. The third kappa shape index (κ3) is 3.77. The first-order valence-electron chi connectivity index (χ1n) is 6.67. The van der Waals surface area contributed by atoms with Crippen LogP contribution in [-0.2, 0) is 13.0 Å². The van der Waals surface area contributed by atoms with E-state index in [4.69, 9.17) is 10.5 Å². The van der Waals surface area contributed by atoms with Crippen molar-refractivity contribution in [3.05, 3.63) is 45.7 Å². The van der Waals surface area contributed by atoms with Crippen LogP contribution in [0.3, 0.4) is 0 Å². The third-order valence-corrected chi connectivity index (χ3v) is 4.06. The first-order valence-corrected chi connectivity index (χ1v) is 7.48. The summed E-state index contributed by atoms with van der Waals surface area (Å²) < 4.78 is 18.3. The van der Waals surface area contributed by atoms with Gasteiger partial charge in [-0.2, -0.15) is 0 Å². The molecule has 0 spiro atoms. The van der Waals surface area contributed by atoms with Crippen LogP contribution in [0.15, 0.2) is 24.3 Å². The summed E-state index contributed by atoms with van der Waals surface area (Å²) in [5, 5.41) is 1.04. The van der Waals surface area contributed by atoms with E-state index in [1.165, 1.54) is 12.1 Å². The van der Waals surface area contributed by atoms with E-state index in [1.807, 2.05) is 0 Å². The molecule has 2 N–H and O–H groups in total. The number of thiazole rings is 1. The van der Waals surface area contributed by atoms with E-state index in [1.54, 1.807) is 23.5 Å². The van der Waals surface area contributed by atoms with Gasteiger partial charge >= 0.3 is 0 Å². The fraction of sp³-hybridized carbons (Fsp3) is 0.400. The predicted octanol–water partition coefficient (Wildman–Crippen LogP) is 3.49. The highest BCUT2D eigenvalue weighted by Crippen LogP contribution is 2.25. The number of hydrogen-bond donors (Lipinski definition) is 1. The van der Waals surface area contributed by atoms with Crippen molar-refractivity contribution in [1.29, 1.82) is 0 Å². The summed E-state index contributed by atoms with van der Waals surface area (Å²) in [7, 11) is 0. The van der Waals surface area contributed by atoms with Gasteiger partial charge in [0.1, 0.15) is 11.6 Å². The fourth-order valence-corrected chi connectivity index (χ4v) is 2.99. The summed E-state index contributed by atoms with van der Waals surface area (Å²) in [6.07, 6.45) is 0.738. The molecule has 1 heterocycles. The van der Waals surface area contributed by atoms with Gasteiger partial charge in [-0.25, -0.2) is 9.37 Å². The molecule has 2 rings (SSSR count). The summed E-state index contributed by atoms with van der Waals surface area (Å²) in [4.78, 5) is 5.77. The third-order valence-electron chi connectivity index (χ3n) is 2.90. The zero-order valence-corrected chi connectivity index (χ0v) is 12.5. The minimum atomic E-state index is -0.258. The van der Waals surface area contributed by atoms with Crippen molar-refractivity contribution in [2.75, 3.05) is 6.61 Å². The Bertz CT molecular complexity index is 552. The van der Waals surface area contributed by atoms with Crippen LogP contribution < -0.4 is 10.5 Å². The Kier molecular flexibility index (Phi) is 5.09. The second-order valence-corrected chi connectivity index (χ2v) is 6.00. The number of aromatic nitrogens is 1. The zero-order chi connectivity index (χ0) is 14.5. The quantitative estimate of drug-likeness (QED) is 0.887. The van der Waals surface area contributed by atoms with Gasteiger partial charge in [0.15, 0.2) is 0 Å². The number of rotatable bonds is 6. The molecule has 0 saturated carbocycles. The fourth-order valence-electron chi connectivity index (χ4n) is 1.91. The minimum Gasteiger partial charge on any atom is -0.493 e. The molecular weight excluding hydrogens is 275 g/mol. The van der Waals surface area contributed by atoms with Crippen LogP contribution in [0.1, 0.15) is 35.3 Å². The Morgan fingerprint density at radius 1 is 1.30 bits per heavy atom. The van der Waals surface area contributed by atoms with Gasteiger partial charge < -0.3 is 10.5 Å². The normalized spacial score (nSPS) is 11.1. The van der Waals surface area contributed by atoms with E-state index in [0.717, 1.165) is 22.0 Å². The molecule has 5 heteroatoms. The number of nitrogens with two attached hydrogens (primary N) is 1. The second-order valence-electron chi connectivity index (χ2n) is 4.83. The SMILES string of the molecule is CC(C)c1nc(CCOc2ccc(F)cc2)sc1CN. The zero-order valence-electron chi connectivity index (χ0n) is 11.7. The van der Waals surface area contributed by atoms with Crippen molar-refractivity contribution in [3.63, 3.8) is 0 Å². The van der Waals surface area contributed by atoms with Crippen LogP contribution in [-0.4, -0.2) is 11.6 Å². The first-order chi connectivity index (χ1) is 9.60. The molecule has 0 aliphatic carbocycles. The van der Waals surface area contributed by atoms with Crippen molar-refractivity contribution >= 4 is 11.3 Å². The number of benzene rings is 1. The van der Waals surface area contributed by atoms with Crippen LogP contribution in [0.25, 0.3) is 0 Å². The molecule has 3 nitrogen and oxygen atoms in total. The van der Waals surface area contributed by atoms with E-state index >= 15 is 0 Å². The van der Waals surface area contributed by atoms with E-state index in [0.29, 0.717) is 24.8 Å². The number of halogens is 1. The van der Waals surface area contributed by atoms with E-state index in [-0.39, 0.29) is 5.82 Å². The Morgan fingerprint density at radius 2 is 2.00 bits per heavy atom. The van der Waals surface area contributed by atoms with E-state index in [9.17, 15) is 4.39 Å². The van der Waals surface area contributed by atoms with Crippen LogP contribution in [0.4, 0.5) is 4.39 Å². The van der Waals surface area contributed by atoms with E-state index in [2.05, 4.69) is 18.8 Å². The van der Waals surface area contributed by atoms with Crippen LogP contribution in [0.5, 0.6) is 5.75 Å². The van der Waals surface area contributed by atoms with Gasteiger partial charge in [-0.1, -0.05) is 13.8 Å². The second kappa shape index (κ2) is 6.81. The molecule has 0 radical (unpaired) electrons. The van der Waals surface area contributed by atoms with Gasteiger partial charge in [0, 0.05) is 17.8 Å².